The molecule has 1 heterocycles. The van der Waals surface area contributed by atoms with E-state index in [-0.39, 0.29) is 18.6 Å². The first-order valence-corrected chi connectivity index (χ1v) is 8.87. The summed E-state index contributed by atoms with van der Waals surface area (Å²) in [6.45, 7) is 4.72. The number of ether oxygens (including phenoxy) is 3. The highest BCUT2D eigenvalue weighted by Gasteiger charge is 2.21. The molecule has 0 bridgehead atoms. The number of carbonyl (C=O) groups is 1. The maximum Gasteiger partial charge on any atom is 0.258 e. The molecule has 1 N–H and O–H groups in total. The van der Waals surface area contributed by atoms with Crippen molar-refractivity contribution in [1.82, 2.24) is 5.32 Å². The summed E-state index contributed by atoms with van der Waals surface area (Å²) in [6.07, 6.45) is -0.212. The lowest BCUT2D eigenvalue weighted by molar-refractivity contribution is -0.123. The third kappa shape index (κ3) is 4.45. The van der Waals surface area contributed by atoms with E-state index in [0.29, 0.717) is 24.7 Å². The molecule has 5 nitrogen and oxygen atoms in total. The van der Waals surface area contributed by atoms with Gasteiger partial charge in [-0.05, 0) is 49.2 Å². The van der Waals surface area contributed by atoms with E-state index in [2.05, 4.69) is 21.2 Å². The van der Waals surface area contributed by atoms with Gasteiger partial charge in [0.1, 0.15) is 18.5 Å². The van der Waals surface area contributed by atoms with Crippen LogP contribution >= 0.6 is 15.9 Å². The normalized spacial score (nSPS) is 15.6. The van der Waals surface area contributed by atoms with Gasteiger partial charge in [0.05, 0.1) is 6.54 Å². The number of amides is 1. The average Bonchev–Trinajstić information content (AvgIpc) is 2.62. The van der Waals surface area contributed by atoms with Gasteiger partial charge in [0.15, 0.2) is 18.1 Å². The first-order chi connectivity index (χ1) is 12.0. The predicted molar refractivity (Wildman–Crippen MR) is 98.5 cm³/mol. The van der Waals surface area contributed by atoms with Crippen molar-refractivity contribution in [1.29, 1.82) is 0 Å². The van der Waals surface area contributed by atoms with Crippen molar-refractivity contribution in [2.75, 3.05) is 19.8 Å². The Kier molecular flexibility index (Phi) is 5.48. The first kappa shape index (κ1) is 17.6. The number of para-hydroxylation sites is 2. The second-order valence-corrected chi connectivity index (χ2v) is 6.75. The summed E-state index contributed by atoms with van der Waals surface area (Å²) in [6, 6.07) is 11.3. The summed E-state index contributed by atoms with van der Waals surface area (Å²) >= 11 is 3.51. The van der Waals surface area contributed by atoms with Gasteiger partial charge < -0.3 is 19.5 Å². The number of hydrogen-bond donors (Lipinski definition) is 1. The fourth-order valence-electron chi connectivity index (χ4n) is 2.58. The van der Waals surface area contributed by atoms with Crippen LogP contribution in [0.15, 0.2) is 40.9 Å². The lowest BCUT2D eigenvalue weighted by Gasteiger charge is -2.26. The topological polar surface area (TPSA) is 56.8 Å². The van der Waals surface area contributed by atoms with Gasteiger partial charge in [-0.1, -0.05) is 28.1 Å². The second-order valence-electron chi connectivity index (χ2n) is 5.96. The zero-order valence-electron chi connectivity index (χ0n) is 14.2. The number of carbonyl (C=O) groups excluding carboxylic acids is 1. The van der Waals surface area contributed by atoms with Crippen LogP contribution in [0.2, 0.25) is 0 Å². The molecule has 2 aromatic carbocycles. The Hall–Kier alpha value is -2.21. The number of fused-ring (bicyclic) bond motifs is 1. The Morgan fingerprint density at radius 3 is 2.64 bits per heavy atom. The Balaban J connectivity index is 1.46. The van der Waals surface area contributed by atoms with E-state index in [1.807, 2.05) is 50.2 Å². The van der Waals surface area contributed by atoms with E-state index in [9.17, 15) is 4.79 Å². The molecule has 0 saturated heterocycles. The predicted octanol–water partition coefficient (Wildman–Crippen LogP) is 3.40. The van der Waals surface area contributed by atoms with Crippen molar-refractivity contribution in [3.63, 3.8) is 0 Å². The van der Waals surface area contributed by atoms with Crippen molar-refractivity contribution in [3.05, 3.63) is 52.0 Å². The summed E-state index contributed by atoms with van der Waals surface area (Å²) in [5.74, 6) is 1.92. The molecule has 0 aliphatic carbocycles. The van der Waals surface area contributed by atoms with Crippen LogP contribution in [0, 0.1) is 13.8 Å². The number of rotatable bonds is 5. The summed E-state index contributed by atoms with van der Waals surface area (Å²) in [5, 5.41) is 2.82. The number of nitrogens with one attached hydrogen (secondary N) is 1. The van der Waals surface area contributed by atoms with Crippen LogP contribution in [-0.4, -0.2) is 31.8 Å². The van der Waals surface area contributed by atoms with Crippen LogP contribution in [0.4, 0.5) is 0 Å². The maximum atomic E-state index is 12.0. The molecular weight excluding hydrogens is 386 g/mol. The minimum Gasteiger partial charge on any atom is -0.486 e. The van der Waals surface area contributed by atoms with E-state index in [0.717, 1.165) is 21.3 Å². The number of hydrogen-bond acceptors (Lipinski definition) is 4. The minimum absolute atomic E-state index is 0.0370. The largest absolute Gasteiger partial charge is 0.486 e. The molecule has 2 aromatic rings. The summed E-state index contributed by atoms with van der Waals surface area (Å²) in [5.41, 5.74) is 2.14. The zero-order valence-corrected chi connectivity index (χ0v) is 15.8. The van der Waals surface area contributed by atoms with Crippen molar-refractivity contribution < 1.29 is 19.0 Å². The Morgan fingerprint density at radius 2 is 1.92 bits per heavy atom. The van der Waals surface area contributed by atoms with Gasteiger partial charge in [0, 0.05) is 4.47 Å². The van der Waals surface area contributed by atoms with E-state index >= 15 is 0 Å². The standard InChI is InChI=1S/C19H20BrNO4/c1-12-7-14(8-13(2)19(12)20)23-11-18(22)21-9-15-10-24-16-5-3-4-6-17(16)25-15/h3-8,15H,9-11H2,1-2H3,(H,21,22)/t15-/m0/s1. The summed E-state index contributed by atoms with van der Waals surface area (Å²) < 4.78 is 18.1. The zero-order chi connectivity index (χ0) is 17.8. The summed E-state index contributed by atoms with van der Waals surface area (Å²) in [7, 11) is 0. The lowest BCUT2D eigenvalue weighted by Crippen LogP contribution is -2.42. The number of aryl methyl sites for hydroxylation is 2. The molecule has 0 aromatic heterocycles. The van der Waals surface area contributed by atoms with Gasteiger partial charge in [-0.25, -0.2) is 0 Å². The molecule has 25 heavy (non-hydrogen) atoms. The van der Waals surface area contributed by atoms with Gasteiger partial charge >= 0.3 is 0 Å². The molecule has 0 saturated carbocycles. The number of halogens is 1. The van der Waals surface area contributed by atoms with Gasteiger partial charge in [0.2, 0.25) is 0 Å². The fourth-order valence-corrected chi connectivity index (χ4v) is 2.81. The second kappa shape index (κ2) is 7.78. The quantitative estimate of drug-likeness (QED) is 0.827. The molecule has 1 amide bonds. The van der Waals surface area contributed by atoms with Crippen LogP contribution < -0.4 is 19.5 Å². The maximum absolute atomic E-state index is 12.0. The molecule has 1 aliphatic heterocycles. The highest BCUT2D eigenvalue weighted by molar-refractivity contribution is 9.10. The van der Waals surface area contributed by atoms with Gasteiger partial charge in [0.25, 0.3) is 5.91 Å². The third-order valence-electron chi connectivity index (χ3n) is 3.87. The summed E-state index contributed by atoms with van der Waals surface area (Å²) in [4.78, 5) is 12.0. The molecule has 1 atom stereocenters. The first-order valence-electron chi connectivity index (χ1n) is 8.07. The van der Waals surface area contributed by atoms with Crippen molar-refractivity contribution in [2.45, 2.75) is 20.0 Å². The van der Waals surface area contributed by atoms with E-state index in [1.165, 1.54) is 0 Å². The molecule has 1 aliphatic rings. The van der Waals surface area contributed by atoms with Gasteiger partial charge in [-0.15, -0.1) is 0 Å². The SMILES string of the molecule is Cc1cc(OCC(=O)NC[C@H]2COc3ccccc3O2)cc(C)c1Br. The Labute approximate surface area is 155 Å². The highest BCUT2D eigenvalue weighted by atomic mass is 79.9. The fraction of sp³-hybridized carbons (Fsp3) is 0.316. The van der Waals surface area contributed by atoms with Crippen molar-refractivity contribution in [2.24, 2.45) is 0 Å². The Morgan fingerprint density at radius 1 is 1.24 bits per heavy atom. The highest BCUT2D eigenvalue weighted by Crippen LogP contribution is 2.30. The van der Waals surface area contributed by atoms with Crippen molar-refractivity contribution in [3.8, 4) is 17.2 Å². The van der Waals surface area contributed by atoms with E-state index < -0.39 is 0 Å². The number of benzene rings is 2. The van der Waals surface area contributed by atoms with Gasteiger partial charge in [-0.3, -0.25) is 4.79 Å². The molecule has 0 spiro atoms. The Bertz CT molecular complexity index is 755. The van der Waals surface area contributed by atoms with Crippen LogP contribution in [0.25, 0.3) is 0 Å². The molecule has 0 unspecified atom stereocenters. The smallest absolute Gasteiger partial charge is 0.258 e. The molecule has 132 valence electrons. The third-order valence-corrected chi connectivity index (χ3v) is 5.13. The van der Waals surface area contributed by atoms with E-state index in [4.69, 9.17) is 14.2 Å². The van der Waals surface area contributed by atoms with Crippen LogP contribution in [0.1, 0.15) is 11.1 Å². The molecule has 0 radical (unpaired) electrons. The molecule has 6 heteroatoms. The lowest BCUT2D eigenvalue weighted by atomic mass is 10.1. The van der Waals surface area contributed by atoms with E-state index in [1.54, 1.807) is 0 Å². The van der Waals surface area contributed by atoms with Crippen LogP contribution in [0.5, 0.6) is 17.2 Å². The molecule has 0 fully saturated rings. The minimum atomic E-state index is -0.212. The monoisotopic (exact) mass is 405 g/mol. The van der Waals surface area contributed by atoms with Gasteiger partial charge in [-0.2, -0.15) is 0 Å². The molecule has 3 rings (SSSR count). The average molecular weight is 406 g/mol. The molecular formula is C19H20BrNO4. The van der Waals surface area contributed by atoms with Crippen molar-refractivity contribution >= 4 is 21.8 Å². The van der Waals surface area contributed by atoms with Crippen LogP contribution in [0.3, 0.4) is 0 Å². The van der Waals surface area contributed by atoms with Crippen LogP contribution in [-0.2, 0) is 4.79 Å².